The van der Waals surface area contributed by atoms with E-state index < -0.39 is 17.4 Å². The standard InChI is InChI=1S/C11H15NO4/c1-11(2,3)10(14)16-7-15-9(13)8-5-4-6-12-8/h4-6,12H,7H2,1-3H3. The van der Waals surface area contributed by atoms with Gasteiger partial charge in [-0.1, -0.05) is 0 Å². The van der Waals surface area contributed by atoms with Crippen molar-refractivity contribution in [1.82, 2.24) is 4.98 Å². The molecule has 0 spiro atoms. The summed E-state index contributed by atoms with van der Waals surface area (Å²) in [6.45, 7) is 4.81. The Hall–Kier alpha value is -1.78. The lowest BCUT2D eigenvalue weighted by Gasteiger charge is -2.16. The van der Waals surface area contributed by atoms with Crippen LogP contribution >= 0.6 is 0 Å². The van der Waals surface area contributed by atoms with Crippen LogP contribution in [0.25, 0.3) is 0 Å². The van der Waals surface area contributed by atoms with Gasteiger partial charge in [-0.3, -0.25) is 4.79 Å². The van der Waals surface area contributed by atoms with Gasteiger partial charge in [-0.2, -0.15) is 0 Å². The van der Waals surface area contributed by atoms with E-state index in [1.54, 1.807) is 39.1 Å². The van der Waals surface area contributed by atoms with Crippen molar-refractivity contribution in [1.29, 1.82) is 0 Å². The van der Waals surface area contributed by atoms with Crippen LogP contribution in [-0.4, -0.2) is 23.7 Å². The van der Waals surface area contributed by atoms with Crippen LogP contribution in [0, 0.1) is 5.41 Å². The molecule has 0 aliphatic rings. The third-order valence-electron chi connectivity index (χ3n) is 1.81. The van der Waals surface area contributed by atoms with Crippen LogP contribution in [0.3, 0.4) is 0 Å². The molecule has 0 aliphatic carbocycles. The molecule has 0 atom stereocenters. The quantitative estimate of drug-likeness (QED) is 0.628. The van der Waals surface area contributed by atoms with Crippen molar-refractivity contribution < 1.29 is 19.1 Å². The molecule has 5 nitrogen and oxygen atoms in total. The van der Waals surface area contributed by atoms with E-state index in [4.69, 9.17) is 9.47 Å². The van der Waals surface area contributed by atoms with Gasteiger partial charge in [0.2, 0.25) is 6.79 Å². The predicted octanol–water partition coefficient (Wildman–Crippen LogP) is 1.72. The van der Waals surface area contributed by atoms with Crippen LogP contribution in [0.4, 0.5) is 0 Å². The van der Waals surface area contributed by atoms with E-state index in [0.29, 0.717) is 5.69 Å². The van der Waals surface area contributed by atoms with Gasteiger partial charge in [0, 0.05) is 6.20 Å². The zero-order chi connectivity index (χ0) is 12.2. The number of rotatable bonds is 3. The lowest BCUT2D eigenvalue weighted by Crippen LogP contribution is -2.24. The molecule has 0 aromatic carbocycles. The van der Waals surface area contributed by atoms with E-state index >= 15 is 0 Å². The molecule has 1 N–H and O–H groups in total. The molecule has 1 heterocycles. The molecule has 88 valence electrons. The number of H-pyrrole nitrogens is 1. The fourth-order valence-corrected chi connectivity index (χ4v) is 0.888. The Morgan fingerprint density at radius 2 is 2.00 bits per heavy atom. The molecule has 1 aromatic heterocycles. The van der Waals surface area contributed by atoms with Gasteiger partial charge < -0.3 is 14.5 Å². The first kappa shape index (κ1) is 12.3. The Morgan fingerprint density at radius 1 is 1.31 bits per heavy atom. The predicted molar refractivity (Wildman–Crippen MR) is 56.6 cm³/mol. The SMILES string of the molecule is CC(C)(C)C(=O)OCOC(=O)c1ccc[nH]1. The van der Waals surface area contributed by atoms with E-state index in [-0.39, 0.29) is 6.79 Å². The molecule has 0 bridgehead atoms. The van der Waals surface area contributed by atoms with E-state index in [1.165, 1.54) is 0 Å². The van der Waals surface area contributed by atoms with Crippen LogP contribution < -0.4 is 0 Å². The first-order valence-electron chi connectivity index (χ1n) is 4.89. The average molecular weight is 225 g/mol. The highest BCUT2D eigenvalue weighted by Crippen LogP contribution is 2.14. The molecule has 0 amide bonds. The number of hydrogen-bond acceptors (Lipinski definition) is 4. The first-order valence-corrected chi connectivity index (χ1v) is 4.89. The Labute approximate surface area is 93.7 Å². The molecule has 0 fully saturated rings. The fourth-order valence-electron chi connectivity index (χ4n) is 0.888. The molecule has 0 radical (unpaired) electrons. The summed E-state index contributed by atoms with van der Waals surface area (Å²) in [6.07, 6.45) is 1.61. The zero-order valence-electron chi connectivity index (χ0n) is 9.57. The maximum atomic E-state index is 11.3. The van der Waals surface area contributed by atoms with Gasteiger partial charge in [-0.05, 0) is 32.9 Å². The molecule has 0 saturated carbocycles. The summed E-state index contributed by atoms with van der Waals surface area (Å²) in [7, 11) is 0. The molecule has 0 aliphatic heterocycles. The fraction of sp³-hybridized carbons (Fsp3) is 0.455. The minimum absolute atomic E-state index is 0.326. The molecule has 1 aromatic rings. The maximum Gasteiger partial charge on any atom is 0.357 e. The van der Waals surface area contributed by atoms with Gasteiger partial charge in [-0.25, -0.2) is 4.79 Å². The Balaban J connectivity index is 2.32. The van der Waals surface area contributed by atoms with Gasteiger partial charge >= 0.3 is 11.9 Å². The lowest BCUT2D eigenvalue weighted by atomic mass is 9.98. The number of carbonyl (C=O) groups is 2. The molecule has 0 unspecified atom stereocenters. The molecular weight excluding hydrogens is 210 g/mol. The van der Waals surface area contributed by atoms with Crippen molar-refractivity contribution in [3.63, 3.8) is 0 Å². The molecule has 16 heavy (non-hydrogen) atoms. The number of nitrogens with one attached hydrogen (secondary N) is 1. The lowest BCUT2D eigenvalue weighted by molar-refractivity contribution is -0.161. The third kappa shape index (κ3) is 3.42. The second-order valence-corrected chi connectivity index (χ2v) is 4.32. The van der Waals surface area contributed by atoms with E-state index in [2.05, 4.69) is 4.98 Å². The topological polar surface area (TPSA) is 68.4 Å². The summed E-state index contributed by atoms with van der Waals surface area (Å²) in [5.41, 5.74) is -0.273. The summed E-state index contributed by atoms with van der Waals surface area (Å²) in [5.74, 6) is -0.960. The number of carbonyl (C=O) groups excluding carboxylic acids is 2. The largest absolute Gasteiger partial charge is 0.427 e. The van der Waals surface area contributed by atoms with Gasteiger partial charge in [-0.15, -0.1) is 0 Å². The summed E-state index contributed by atoms with van der Waals surface area (Å²) in [4.78, 5) is 25.3. The highest BCUT2D eigenvalue weighted by molar-refractivity contribution is 5.87. The van der Waals surface area contributed by atoms with Crippen molar-refractivity contribution >= 4 is 11.9 Å². The highest BCUT2D eigenvalue weighted by atomic mass is 16.7. The van der Waals surface area contributed by atoms with E-state index in [0.717, 1.165) is 0 Å². The Morgan fingerprint density at radius 3 is 2.50 bits per heavy atom. The Bertz CT molecular complexity index is 362. The Kier molecular flexibility index (Phi) is 3.71. The van der Waals surface area contributed by atoms with Crippen LogP contribution in [0.2, 0.25) is 0 Å². The van der Waals surface area contributed by atoms with Crippen LogP contribution in [-0.2, 0) is 14.3 Å². The molecule has 0 saturated heterocycles. The van der Waals surface area contributed by atoms with Gasteiger partial charge in [0.1, 0.15) is 5.69 Å². The second-order valence-electron chi connectivity index (χ2n) is 4.32. The third-order valence-corrected chi connectivity index (χ3v) is 1.81. The molecule has 1 rings (SSSR count). The van der Waals surface area contributed by atoms with Crippen molar-refractivity contribution in [3.05, 3.63) is 24.0 Å². The van der Waals surface area contributed by atoms with Gasteiger partial charge in [0.15, 0.2) is 0 Å². The monoisotopic (exact) mass is 225 g/mol. The molecular formula is C11H15NO4. The van der Waals surface area contributed by atoms with Crippen LogP contribution in [0.15, 0.2) is 18.3 Å². The highest BCUT2D eigenvalue weighted by Gasteiger charge is 2.23. The minimum atomic E-state index is -0.598. The smallest absolute Gasteiger partial charge is 0.357 e. The number of ether oxygens (including phenoxy) is 2. The number of esters is 2. The van der Waals surface area contributed by atoms with Crippen molar-refractivity contribution in [2.24, 2.45) is 5.41 Å². The molecule has 5 heteroatoms. The summed E-state index contributed by atoms with van der Waals surface area (Å²) in [6, 6.07) is 3.26. The first-order chi connectivity index (χ1) is 7.41. The summed E-state index contributed by atoms with van der Waals surface area (Å²) < 4.78 is 9.52. The average Bonchev–Trinajstić information content (AvgIpc) is 2.68. The number of aromatic amines is 1. The van der Waals surface area contributed by atoms with Crippen molar-refractivity contribution in [3.8, 4) is 0 Å². The summed E-state index contributed by atoms with van der Waals surface area (Å²) in [5, 5.41) is 0. The normalized spacial score (nSPS) is 10.9. The number of hydrogen-bond donors (Lipinski definition) is 1. The van der Waals surface area contributed by atoms with E-state index in [9.17, 15) is 9.59 Å². The van der Waals surface area contributed by atoms with Crippen molar-refractivity contribution in [2.75, 3.05) is 6.79 Å². The zero-order valence-corrected chi connectivity index (χ0v) is 9.57. The van der Waals surface area contributed by atoms with Crippen LogP contribution in [0.1, 0.15) is 31.3 Å². The van der Waals surface area contributed by atoms with E-state index in [1.807, 2.05) is 0 Å². The van der Waals surface area contributed by atoms with Crippen molar-refractivity contribution in [2.45, 2.75) is 20.8 Å². The van der Waals surface area contributed by atoms with Gasteiger partial charge in [0.05, 0.1) is 5.41 Å². The summed E-state index contributed by atoms with van der Waals surface area (Å²) >= 11 is 0. The minimum Gasteiger partial charge on any atom is -0.427 e. The second kappa shape index (κ2) is 4.83. The van der Waals surface area contributed by atoms with Crippen LogP contribution in [0.5, 0.6) is 0 Å². The number of aromatic nitrogens is 1. The maximum absolute atomic E-state index is 11.3. The van der Waals surface area contributed by atoms with Gasteiger partial charge in [0.25, 0.3) is 0 Å².